The van der Waals surface area contributed by atoms with Gasteiger partial charge in [0.25, 0.3) is 0 Å². The average molecular weight is 370 g/mol. The quantitative estimate of drug-likeness (QED) is 0.749. The Morgan fingerprint density at radius 1 is 1.04 bits per heavy atom. The predicted octanol–water partition coefficient (Wildman–Crippen LogP) is 4.97. The van der Waals surface area contributed by atoms with Crippen LogP contribution >= 0.6 is 11.8 Å². The highest BCUT2D eigenvalue weighted by Gasteiger charge is 2.19. The standard InChI is InChI=1S/C22H27NO2S/c1-25-19-14-12-18(13-15-19)22(17-8-4-2-5-9-17)23-21(24)16-26-20-10-6-3-7-11-20/h2,4-5,8-9,12-15,20,22H,3,6-7,10-11,16H2,1H3,(H,23,24)/t22-/m0/s1. The van der Waals surface area contributed by atoms with Crippen molar-refractivity contribution in [1.29, 1.82) is 0 Å². The van der Waals surface area contributed by atoms with Crippen LogP contribution in [0.5, 0.6) is 5.75 Å². The van der Waals surface area contributed by atoms with Gasteiger partial charge in [-0.1, -0.05) is 61.7 Å². The predicted molar refractivity (Wildman–Crippen MR) is 109 cm³/mol. The summed E-state index contributed by atoms with van der Waals surface area (Å²) in [6, 6.07) is 17.9. The van der Waals surface area contributed by atoms with Crippen LogP contribution in [0.1, 0.15) is 49.3 Å². The van der Waals surface area contributed by atoms with E-state index in [0.29, 0.717) is 11.0 Å². The van der Waals surface area contributed by atoms with Crippen molar-refractivity contribution in [3.63, 3.8) is 0 Å². The SMILES string of the molecule is COc1ccc([C@@H](NC(=O)CSC2CCCCC2)c2ccccc2)cc1. The molecular formula is C22H27NO2S. The first kappa shape index (κ1) is 18.8. The van der Waals surface area contributed by atoms with Crippen LogP contribution in [0.2, 0.25) is 0 Å². The topological polar surface area (TPSA) is 38.3 Å². The third-order valence-electron chi connectivity index (χ3n) is 4.89. The van der Waals surface area contributed by atoms with Gasteiger partial charge in [-0.3, -0.25) is 4.79 Å². The molecule has 0 heterocycles. The minimum absolute atomic E-state index is 0.102. The van der Waals surface area contributed by atoms with Crippen molar-refractivity contribution in [1.82, 2.24) is 5.32 Å². The van der Waals surface area contributed by atoms with Gasteiger partial charge in [-0.2, -0.15) is 0 Å². The minimum Gasteiger partial charge on any atom is -0.497 e. The average Bonchev–Trinajstić information content (AvgIpc) is 2.72. The molecule has 0 aromatic heterocycles. The van der Waals surface area contributed by atoms with Gasteiger partial charge in [-0.15, -0.1) is 11.8 Å². The highest BCUT2D eigenvalue weighted by Crippen LogP contribution is 2.29. The molecule has 2 aromatic rings. The molecule has 4 heteroatoms. The molecule has 1 saturated carbocycles. The van der Waals surface area contributed by atoms with Gasteiger partial charge in [0, 0.05) is 5.25 Å². The summed E-state index contributed by atoms with van der Waals surface area (Å²) in [5, 5.41) is 3.87. The summed E-state index contributed by atoms with van der Waals surface area (Å²) < 4.78 is 5.25. The number of carbonyl (C=O) groups is 1. The van der Waals surface area contributed by atoms with Crippen LogP contribution in [0.3, 0.4) is 0 Å². The first-order chi connectivity index (χ1) is 12.8. The van der Waals surface area contributed by atoms with Crippen LogP contribution in [0.25, 0.3) is 0 Å². The number of hydrogen-bond acceptors (Lipinski definition) is 3. The zero-order valence-electron chi connectivity index (χ0n) is 15.3. The summed E-state index contributed by atoms with van der Waals surface area (Å²) in [5.74, 6) is 1.45. The molecule has 0 bridgehead atoms. The first-order valence-electron chi connectivity index (χ1n) is 9.36. The fourth-order valence-electron chi connectivity index (χ4n) is 3.43. The summed E-state index contributed by atoms with van der Waals surface area (Å²) >= 11 is 1.81. The number of carbonyl (C=O) groups excluding carboxylic acids is 1. The summed E-state index contributed by atoms with van der Waals surface area (Å²) in [6.45, 7) is 0. The van der Waals surface area contributed by atoms with Crippen molar-refractivity contribution < 1.29 is 9.53 Å². The Kier molecular flexibility index (Phi) is 7.01. The Morgan fingerprint density at radius 3 is 2.35 bits per heavy atom. The van der Waals surface area contributed by atoms with E-state index in [1.54, 1.807) is 7.11 Å². The molecule has 138 valence electrons. The second kappa shape index (κ2) is 9.67. The van der Waals surface area contributed by atoms with Crippen molar-refractivity contribution >= 4 is 17.7 Å². The lowest BCUT2D eigenvalue weighted by Gasteiger charge is -2.23. The van der Waals surface area contributed by atoms with Gasteiger partial charge in [0.05, 0.1) is 18.9 Å². The van der Waals surface area contributed by atoms with Gasteiger partial charge < -0.3 is 10.1 Å². The fraction of sp³-hybridized carbons (Fsp3) is 0.409. The van der Waals surface area contributed by atoms with Crippen LogP contribution in [-0.2, 0) is 4.79 Å². The first-order valence-corrected chi connectivity index (χ1v) is 10.4. The van der Waals surface area contributed by atoms with Crippen molar-refractivity contribution in [3.05, 3.63) is 65.7 Å². The number of rotatable bonds is 7. The normalized spacial score (nSPS) is 16.0. The molecule has 2 aromatic carbocycles. The van der Waals surface area contributed by atoms with E-state index in [0.717, 1.165) is 16.9 Å². The lowest BCUT2D eigenvalue weighted by Crippen LogP contribution is -2.31. The lowest BCUT2D eigenvalue weighted by molar-refractivity contribution is -0.119. The number of thioether (sulfide) groups is 1. The summed E-state index contributed by atoms with van der Waals surface area (Å²) in [7, 11) is 1.66. The summed E-state index contributed by atoms with van der Waals surface area (Å²) in [6.07, 6.45) is 6.45. The third kappa shape index (κ3) is 5.28. The molecule has 1 aliphatic rings. The molecule has 0 radical (unpaired) electrons. The van der Waals surface area contributed by atoms with Gasteiger partial charge in [0.15, 0.2) is 0 Å². The Balaban J connectivity index is 1.67. The summed E-state index contributed by atoms with van der Waals surface area (Å²) in [5.41, 5.74) is 2.15. The number of hydrogen-bond donors (Lipinski definition) is 1. The Bertz CT molecular complexity index is 681. The van der Waals surface area contributed by atoms with E-state index in [4.69, 9.17) is 4.74 Å². The monoisotopic (exact) mass is 369 g/mol. The van der Waals surface area contributed by atoms with Crippen molar-refractivity contribution in [3.8, 4) is 5.75 Å². The van der Waals surface area contributed by atoms with Crippen LogP contribution in [0, 0.1) is 0 Å². The van der Waals surface area contributed by atoms with Gasteiger partial charge >= 0.3 is 0 Å². The zero-order valence-corrected chi connectivity index (χ0v) is 16.1. The van der Waals surface area contributed by atoms with Crippen molar-refractivity contribution in [2.24, 2.45) is 0 Å². The van der Waals surface area contributed by atoms with Crippen LogP contribution in [-0.4, -0.2) is 24.0 Å². The summed E-state index contributed by atoms with van der Waals surface area (Å²) in [4.78, 5) is 12.6. The Morgan fingerprint density at radius 2 is 1.69 bits per heavy atom. The van der Waals surface area contributed by atoms with Gasteiger partial charge in [-0.05, 0) is 36.1 Å². The maximum atomic E-state index is 12.6. The highest BCUT2D eigenvalue weighted by molar-refractivity contribution is 8.00. The van der Waals surface area contributed by atoms with E-state index < -0.39 is 0 Å². The maximum absolute atomic E-state index is 12.6. The number of benzene rings is 2. The molecular weight excluding hydrogens is 342 g/mol. The van der Waals surface area contributed by atoms with Gasteiger partial charge in [0.1, 0.15) is 5.75 Å². The lowest BCUT2D eigenvalue weighted by atomic mass is 9.98. The molecule has 0 saturated heterocycles. The number of nitrogens with one attached hydrogen (secondary N) is 1. The minimum atomic E-state index is -0.137. The molecule has 1 amide bonds. The van der Waals surface area contributed by atoms with E-state index in [1.807, 2.05) is 54.2 Å². The molecule has 0 aliphatic heterocycles. The number of amides is 1. The Hall–Kier alpha value is -1.94. The molecule has 1 fully saturated rings. The molecule has 3 rings (SSSR count). The van der Waals surface area contributed by atoms with E-state index in [9.17, 15) is 4.79 Å². The van der Waals surface area contributed by atoms with Gasteiger partial charge in [-0.25, -0.2) is 0 Å². The Labute approximate surface area is 160 Å². The van der Waals surface area contributed by atoms with Crippen LogP contribution < -0.4 is 10.1 Å². The molecule has 1 atom stereocenters. The zero-order chi connectivity index (χ0) is 18.2. The largest absolute Gasteiger partial charge is 0.497 e. The van der Waals surface area contributed by atoms with Crippen molar-refractivity contribution in [2.75, 3.05) is 12.9 Å². The molecule has 0 unspecified atom stereocenters. The molecule has 0 spiro atoms. The molecule has 26 heavy (non-hydrogen) atoms. The number of ether oxygens (including phenoxy) is 1. The smallest absolute Gasteiger partial charge is 0.230 e. The third-order valence-corrected chi connectivity index (χ3v) is 6.26. The molecule has 1 aliphatic carbocycles. The highest BCUT2D eigenvalue weighted by atomic mass is 32.2. The number of methoxy groups -OCH3 is 1. The van der Waals surface area contributed by atoms with Crippen molar-refractivity contribution in [2.45, 2.75) is 43.4 Å². The van der Waals surface area contributed by atoms with E-state index in [-0.39, 0.29) is 11.9 Å². The van der Waals surface area contributed by atoms with Crippen LogP contribution in [0.4, 0.5) is 0 Å². The fourth-order valence-corrected chi connectivity index (χ4v) is 4.57. The maximum Gasteiger partial charge on any atom is 0.230 e. The van der Waals surface area contributed by atoms with E-state index in [1.165, 1.54) is 32.1 Å². The van der Waals surface area contributed by atoms with Crippen LogP contribution in [0.15, 0.2) is 54.6 Å². The van der Waals surface area contributed by atoms with E-state index >= 15 is 0 Å². The van der Waals surface area contributed by atoms with Gasteiger partial charge in [0.2, 0.25) is 5.91 Å². The second-order valence-electron chi connectivity index (χ2n) is 6.76. The molecule has 1 N–H and O–H groups in total. The second-order valence-corrected chi connectivity index (χ2v) is 8.04. The molecule has 3 nitrogen and oxygen atoms in total. The van der Waals surface area contributed by atoms with E-state index in [2.05, 4.69) is 17.4 Å².